The smallest absolute Gasteiger partial charge is 0.335 e. The summed E-state index contributed by atoms with van der Waals surface area (Å²) >= 11 is 0. The number of carbonyl (C=O) groups is 1. The Labute approximate surface area is 91.7 Å². The van der Waals surface area contributed by atoms with Gasteiger partial charge in [-0.3, -0.25) is 0 Å². The molecule has 0 saturated heterocycles. The molecular formula is C11H12F2O3. The Morgan fingerprint density at radius 1 is 1.25 bits per heavy atom. The Morgan fingerprint density at radius 2 is 1.69 bits per heavy atom. The first kappa shape index (κ1) is 12.4. The first-order chi connectivity index (χ1) is 7.20. The van der Waals surface area contributed by atoms with Gasteiger partial charge in [0.2, 0.25) is 0 Å². The number of carboxylic acid groups (broad SMARTS) is 1. The third kappa shape index (κ3) is 2.92. The fourth-order valence-electron chi connectivity index (χ4n) is 1.09. The summed E-state index contributed by atoms with van der Waals surface area (Å²) in [7, 11) is 0. The molecule has 0 saturated carbocycles. The molecular weight excluding hydrogens is 218 g/mol. The standard InChI is InChI=1S/C11H12F2O3/c1-11(2,3)16-9-7(12)4-6(10(14)15)5-8(9)13/h4-5H,1-3H3,(H,14,15). The SMILES string of the molecule is CC(C)(C)Oc1c(F)cc(C(=O)O)cc1F. The van der Waals surface area contributed by atoms with Gasteiger partial charge in [0.05, 0.1) is 5.56 Å². The summed E-state index contributed by atoms with van der Waals surface area (Å²) in [5.41, 5.74) is -1.21. The van der Waals surface area contributed by atoms with Crippen LogP contribution in [0.25, 0.3) is 0 Å². The maximum atomic E-state index is 13.4. The van der Waals surface area contributed by atoms with Crippen LogP contribution < -0.4 is 4.74 Å². The van der Waals surface area contributed by atoms with E-state index in [1.807, 2.05) is 0 Å². The Morgan fingerprint density at radius 3 is 2.00 bits per heavy atom. The van der Waals surface area contributed by atoms with Crippen LogP contribution in [-0.4, -0.2) is 16.7 Å². The lowest BCUT2D eigenvalue weighted by atomic mass is 10.1. The van der Waals surface area contributed by atoms with Crippen molar-refractivity contribution < 1.29 is 23.4 Å². The Hall–Kier alpha value is -1.65. The first-order valence-corrected chi connectivity index (χ1v) is 4.62. The summed E-state index contributed by atoms with van der Waals surface area (Å²) in [6.45, 7) is 4.91. The van der Waals surface area contributed by atoms with Gasteiger partial charge in [0.25, 0.3) is 0 Å². The lowest BCUT2D eigenvalue weighted by Gasteiger charge is -2.22. The van der Waals surface area contributed by atoms with E-state index >= 15 is 0 Å². The van der Waals surface area contributed by atoms with Crippen molar-refractivity contribution in [3.8, 4) is 5.75 Å². The largest absolute Gasteiger partial charge is 0.482 e. The number of carboxylic acids is 1. The van der Waals surface area contributed by atoms with Crippen molar-refractivity contribution in [2.45, 2.75) is 26.4 Å². The van der Waals surface area contributed by atoms with E-state index in [1.54, 1.807) is 20.8 Å². The van der Waals surface area contributed by atoms with Gasteiger partial charge in [0.1, 0.15) is 5.60 Å². The average Bonchev–Trinajstić information content (AvgIpc) is 2.09. The van der Waals surface area contributed by atoms with Gasteiger partial charge in [-0.1, -0.05) is 0 Å². The lowest BCUT2D eigenvalue weighted by Crippen LogP contribution is -2.24. The molecule has 0 aliphatic heterocycles. The second-order valence-electron chi connectivity index (χ2n) is 4.29. The van der Waals surface area contributed by atoms with Crippen molar-refractivity contribution in [2.75, 3.05) is 0 Å². The molecule has 0 spiro atoms. The Balaban J connectivity index is 3.18. The van der Waals surface area contributed by atoms with Crippen molar-refractivity contribution in [1.82, 2.24) is 0 Å². The van der Waals surface area contributed by atoms with Crippen LogP contribution in [0.3, 0.4) is 0 Å². The number of rotatable bonds is 2. The van der Waals surface area contributed by atoms with E-state index in [-0.39, 0.29) is 0 Å². The second kappa shape index (κ2) is 4.08. The normalized spacial score (nSPS) is 11.3. The van der Waals surface area contributed by atoms with Gasteiger partial charge in [0.15, 0.2) is 17.4 Å². The highest BCUT2D eigenvalue weighted by atomic mass is 19.1. The summed E-state index contributed by atoms with van der Waals surface area (Å²) in [5.74, 6) is -3.99. The molecule has 0 fully saturated rings. The first-order valence-electron chi connectivity index (χ1n) is 4.62. The number of ether oxygens (including phenoxy) is 1. The third-order valence-electron chi connectivity index (χ3n) is 1.65. The number of aromatic carboxylic acids is 1. The molecule has 0 bridgehead atoms. The molecule has 88 valence electrons. The van der Waals surface area contributed by atoms with E-state index in [1.165, 1.54) is 0 Å². The van der Waals surface area contributed by atoms with Gasteiger partial charge < -0.3 is 9.84 Å². The van der Waals surface area contributed by atoms with E-state index in [2.05, 4.69) is 0 Å². The molecule has 5 heteroatoms. The molecule has 0 aliphatic carbocycles. The van der Waals surface area contributed by atoms with E-state index in [0.29, 0.717) is 0 Å². The van der Waals surface area contributed by atoms with Gasteiger partial charge in [-0.15, -0.1) is 0 Å². The van der Waals surface area contributed by atoms with E-state index in [4.69, 9.17) is 9.84 Å². The maximum absolute atomic E-state index is 13.4. The zero-order valence-electron chi connectivity index (χ0n) is 9.17. The van der Waals surface area contributed by atoms with Crippen LogP contribution in [0.5, 0.6) is 5.75 Å². The lowest BCUT2D eigenvalue weighted by molar-refractivity contribution is 0.0695. The van der Waals surface area contributed by atoms with Crippen LogP contribution in [0.15, 0.2) is 12.1 Å². The monoisotopic (exact) mass is 230 g/mol. The topological polar surface area (TPSA) is 46.5 Å². The van der Waals surface area contributed by atoms with E-state index < -0.39 is 34.5 Å². The molecule has 0 heterocycles. The molecule has 1 aromatic carbocycles. The summed E-state index contributed by atoms with van der Waals surface area (Å²) in [4.78, 5) is 10.5. The van der Waals surface area contributed by atoms with Gasteiger partial charge in [-0.05, 0) is 32.9 Å². The van der Waals surface area contributed by atoms with Crippen LogP contribution >= 0.6 is 0 Å². The zero-order valence-corrected chi connectivity index (χ0v) is 9.17. The molecule has 0 aliphatic rings. The summed E-state index contributed by atoms with van der Waals surface area (Å²) < 4.78 is 31.8. The maximum Gasteiger partial charge on any atom is 0.335 e. The minimum absolute atomic E-state index is 0.448. The van der Waals surface area contributed by atoms with Crippen molar-refractivity contribution >= 4 is 5.97 Å². The minimum atomic E-state index is -1.39. The molecule has 1 N–H and O–H groups in total. The van der Waals surface area contributed by atoms with Gasteiger partial charge in [-0.2, -0.15) is 0 Å². The van der Waals surface area contributed by atoms with Crippen LogP contribution in [0.4, 0.5) is 8.78 Å². The third-order valence-corrected chi connectivity index (χ3v) is 1.65. The molecule has 0 amide bonds. The van der Waals surface area contributed by atoms with Crippen molar-refractivity contribution in [2.24, 2.45) is 0 Å². The number of hydrogen-bond acceptors (Lipinski definition) is 2. The molecule has 0 unspecified atom stereocenters. The predicted octanol–water partition coefficient (Wildman–Crippen LogP) is 2.84. The molecule has 0 aromatic heterocycles. The van der Waals surface area contributed by atoms with Gasteiger partial charge in [-0.25, -0.2) is 13.6 Å². The van der Waals surface area contributed by atoms with Gasteiger partial charge in [0, 0.05) is 0 Å². The molecule has 3 nitrogen and oxygen atoms in total. The molecule has 0 radical (unpaired) electrons. The zero-order chi connectivity index (χ0) is 12.5. The highest BCUT2D eigenvalue weighted by Gasteiger charge is 2.21. The minimum Gasteiger partial charge on any atom is -0.482 e. The van der Waals surface area contributed by atoms with Crippen LogP contribution in [0, 0.1) is 11.6 Å². The fourth-order valence-corrected chi connectivity index (χ4v) is 1.09. The van der Waals surface area contributed by atoms with Crippen molar-refractivity contribution in [1.29, 1.82) is 0 Å². The highest BCUT2D eigenvalue weighted by molar-refractivity contribution is 5.87. The van der Waals surface area contributed by atoms with Crippen molar-refractivity contribution in [3.63, 3.8) is 0 Å². The number of benzene rings is 1. The van der Waals surface area contributed by atoms with Gasteiger partial charge >= 0.3 is 5.97 Å². The molecule has 16 heavy (non-hydrogen) atoms. The predicted molar refractivity (Wildman–Crippen MR) is 53.7 cm³/mol. The average molecular weight is 230 g/mol. The van der Waals surface area contributed by atoms with Crippen LogP contribution in [-0.2, 0) is 0 Å². The van der Waals surface area contributed by atoms with E-state index in [0.717, 1.165) is 12.1 Å². The van der Waals surface area contributed by atoms with Crippen LogP contribution in [0.2, 0.25) is 0 Å². The number of hydrogen-bond donors (Lipinski definition) is 1. The summed E-state index contributed by atoms with van der Waals surface area (Å²) in [6, 6.07) is 1.46. The van der Waals surface area contributed by atoms with Crippen molar-refractivity contribution in [3.05, 3.63) is 29.3 Å². The fraction of sp³-hybridized carbons (Fsp3) is 0.364. The molecule has 1 aromatic rings. The number of halogens is 2. The quantitative estimate of drug-likeness (QED) is 0.849. The van der Waals surface area contributed by atoms with Crippen LogP contribution in [0.1, 0.15) is 31.1 Å². The molecule has 1 rings (SSSR count). The Bertz CT molecular complexity index is 399. The summed E-state index contributed by atoms with van der Waals surface area (Å²) in [6.07, 6.45) is 0. The Kier molecular flexibility index (Phi) is 3.16. The second-order valence-corrected chi connectivity index (χ2v) is 4.29. The molecule has 0 atom stereocenters. The van der Waals surface area contributed by atoms with E-state index in [9.17, 15) is 13.6 Å². The highest BCUT2D eigenvalue weighted by Crippen LogP contribution is 2.26. The summed E-state index contributed by atoms with van der Waals surface area (Å²) in [5, 5.41) is 8.58.